The van der Waals surface area contributed by atoms with Crippen molar-refractivity contribution in [1.29, 1.82) is 0 Å². The molecular formula is C10H12N2O2S. The predicted octanol–water partition coefficient (Wildman–Crippen LogP) is 0.513. The Bertz CT molecular complexity index is 390. The molecule has 0 aliphatic carbocycles. The average Bonchev–Trinajstić information content (AvgIpc) is 2.65. The lowest BCUT2D eigenvalue weighted by Gasteiger charge is -1.93. The SMILES string of the molecule is CC(=O)NCCC#Cc1ncc(CO)s1. The Kier molecular flexibility index (Phi) is 4.81. The molecule has 0 radical (unpaired) electrons. The van der Waals surface area contributed by atoms with Crippen LogP contribution >= 0.6 is 11.3 Å². The first-order chi connectivity index (χ1) is 7.22. The molecule has 1 amide bonds. The number of aromatic nitrogens is 1. The number of carbonyl (C=O) groups is 1. The molecule has 0 atom stereocenters. The van der Waals surface area contributed by atoms with E-state index in [1.807, 2.05) is 0 Å². The van der Waals surface area contributed by atoms with Gasteiger partial charge in [0.1, 0.15) is 0 Å². The zero-order chi connectivity index (χ0) is 11.1. The van der Waals surface area contributed by atoms with Crippen molar-refractivity contribution in [2.24, 2.45) is 0 Å². The first kappa shape index (κ1) is 11.7. The van der Waals surface area contributed by atoms with E-state index in [1.165, 1.54) is 18.3 Å². The molecule has 15 heavy (non-hydrogen) atoms. The fourth-order valence-corrected chi connectivity index (χ4v) is 1.52. The van der Waals surface area contributed by atoms with Gasteiger partial charge in [0.2, 0.25) is 5.91 Å². The quantitative estimate of drug-likeness (QED) is 0.581. The number of nitrogens with zero attached hydrogens (tertiary/aromatic N) is 1. The summed E-state index contributed by atoms with van der Waals surface area (Å²) < 4.78 is 0. The molecule has 0 fully saturated rings. The van der Waals surface area contributed by atoms with Crippen LogP contribution in [-0.4, -0.2) is 22.5 Å². The maximum Gasteiger partial charge on any atom is 0.216 e. The molecule has 0 saturated carbocycles. The van der Waals surface area contributed by atoms with Crippen LogP contribution in [0.15, 0.2) is 6.20 Å². The molecule has 1 heterocycles. The van der Waals surface area contributed by atoms with Crippen molar-refractivity contribution in [1.82, 2.24) is 10.3 Å². The minimum Gasteiger partial charge on any atom is -0.391 e. The van der Waals surface area contributed by atoms with Crippen LogP contribution in [0.3, 0.4) is 0 Å². The molecule has 0 bridgehead atoms. The maximum atomic E-state index is 10.5. The van der Waals surface area contributed by atoms with Crippen LogP contribution in [0.25, 0.3) is 0 Å². The highest BCUT2D eigenvalue weighted by atomic mass is 32.1. The summed E-state index contributed by atoms with van der Waals surface area (Å²) in [6.07, 6.45) is 2.22. The standard InChI is InChI=1S/C10H12N2O2S/c1-8(14)11-5-3-2-4-10-12-6-9(7-13)15-10/h6,13H,3,5,7H2,1H3,(H,11,14). The molecule has 4 nitrogen and oxygen atoms in total. The fraction of sp³-hybridized carbons (Fsp3) is 0.400. The van der Waals surface area contributed by atoms with Crippen LogP contribution in [0.4, 0.5) is 0 Å². The second-order valence-corrected chi connectivity index (χ2v) is 3.94. The number of amides is 1. The maximum absolute atomic E-state index is 10.5. The Morgan fingerprint density at radius 3 is 3.13 bits per heavy atom. The minimum atomic E-state index is -0.0476. The van der Waals surface area contributed by atoms with E-state index in [9.17, 15) is 4.79 Å². The largest absolute Gasteiger partial charge is 0.391 e. The van der Waals surface area contributed by atoms with Gasteiger partial charge in [-0.05, 0) is 5.92 Å². The Hall–Kier alpha value is -1.38. The molecule has 2 N–H and O–H groups in total. The summed E-state index contributed by atoms with van der Waals surface area (Å²) in [6, 6.07) is 0. The predicted molar refractivity (Wildman–Crippen MR) is 58.2 cm³/mol. The van der Waals surface area contributed by atoms with Crippen molar-refractivity contribution in [2.45, 2.75) is 20.0 Å². The van der Waals surface area contributed by atoms with Crippen LogP contribution in [-0.2, 0) is 11.4 Å². The van der Waals surface area contributed by atoms with Crippen molar-refractivity contribution >= 4 is 17.2 Å². The summed E-state index contributed by atoms with van der Waals surface area (Å²) >= 11 is 1.38. The number of aliphatic hydroxyl groups is 1. The van der Waals surface area contributed by atoms with E-state index in [0.717, 1.165) is 4.88 Å². The first-order valence-electron chi connectivity index (χ1n) is 4.51. The topological polar surface area (TPSA) is 62.2 Å². The smallest absolute Gasteiger partial charge is 0.216 e. The van der Waals surface area contributed by atoms with E-state index in [4.69, 9.17) is 5.11 Å². The van der Waals surface area contributed by atoms with Gasteiger partial charge in [-0.25, -0.2) is 4.98 Å². The molecule has 0 saturated heterocycles. The first-order valence-corrected chi connectivity index (χ1v) is 5.33. The van der Waals surface area contributed by atoms with E-state index in [1.54, 1.807) is 6.20 Å². The second kappa shape index (κ2) is 6.17. The van der Waals surface area contributed by atoms with Gasteiger partial charge in [-0.1, -0.05) is 5.92 Å². The molecule has 1 aromatic rings. The van der Waals surface area contributed by atoms with Gasteiger partial charge in [0.25, 0.3) is 0 Å². The Morgan fingerprint density at radius 2 is 2.53 bits per heavy atom. The third kappa shape index (κ3) is 4.58. The normalized spacial score (nSPS) is 9.20. The van der Waals surface area contributed by atoms with Gasteiger partial charge in [0, 0.05) is 26.1 Å². The summed E-state index contributed by atoms with van der Waals surface area (Å²) in [5.41, 5.74) is 0. The number of hydrogen-bond donors (Lipinski definition) is 2. The van der Waals surface area contributed by atoms with E-state index in [0.29, 0.717) is 18.0 Å². The lowest BCUT2D eigenvalue weighted by atomic mass is 10.4. The number of carbonyl (C=O) groups excluding carboxylic acids is 1. The molecule has 0 aliphatic rings. The molecule has 80 valence electrons. The highest BCUT2D eigenvalue weighted by Gasteiger charge is 1.96. The van der Waals surface area contributed by atoms with Crippen LogP contribution < -0.4 is 5.32 Å². The average molecular weight is 224 g/mol. The van der Waals surface area contributed by atoms with Crippen molar-refractivity contribution in [3.8, 4) is 11.8 Å². The third-order valence-electron chi connectivity index (χ3n) is 1.53. The molecule has 0 aliphatic heterocycles. The van der Waals surface area contributed by atoms with Gasteiger partial charge in [-0.15, -0.1) is 11.3 Å². The zero-order valence-corrected chi connectivity index (χ0v) is 9.23. The summed E-state index contributed by atoms with van der Waals surface area (Å²) in [6.45, 7) is 2.04. The third-order valence-corrected chi connectivity index (χ3v) is 2.43. The lowest BCUT2D eigenvalue weighted by molar-refractivity contribution is -0.118. The number of rotatable bonds is 3. The van der Waals surface area contributed by atoms with E-state index < -0.39 is 0 Å². The highest BCUT2D eigenvalue weighted by Crippen LogP contribution is 2.10. The van der Waals surface area contributed by atoms with E-state index in [2.05, 4.69) is 22.1 Å². The number of hydrogen-bond acceptors (Lipinski definition) is 4. The van der Waals surface area contributed by atoms with Crippen LogP contribution in [0.1, 0.15) is 23.2 Å². The van der Waals surface area contributed by atoms with Crippen LogP contribution in [0.2, 0.25) is 0 Å². The van der Waals surface area contributed by atoms with Gasteiger partial charge in [0.15, 0.2) is 5.01 Å². The molecular weight excluding hydrogens is 212 g/mol. The summed E-state index contributed by atoms with van der Waals surface area (Å²) in [4.78, 5) is 15.3. The van der Waals surface area contributed by atoms with Gasteiger partial charge in [-0.2, -0.15) is 0 Å². The highest BCUT2D eigenvalue weighted by molar-refractivity contribution is 7.12. The molecule has 0 aromatic carbocycles. The molecule has 5 heteroatoms. The van der Waals surface area contributed by atoms with Crippen molar-refractivity contribution in [3.63, 3.8) is 0 Å². The summed E-state index contributed by atoms with van der Waals surface area (Å²) in [5.74, 6) is 5.72. The fourth-order valence-electron chi connectivity index (χ4n) is 0.878. The van der Waals surface area contributed by atoms with Gasteiger partial charge in [-0.3, -0.25) is 4.79 Å². The van der Waals surface area contributed by atoms with Gasteiger partial charge >= 0.3 is 0 Å². The van der Waals surface area contributed by atoms with Crippen molar-refractivity contribution in [3.05, 3.63) is 16.1 Å². The lowest BCUT2D eigenvalue weighted by Crippen LogP contribution is -2.20. The minimum absolute atomic E-state index is 0.00520. The number of nitrogens with one attached hydrogen (secondary N) is 1. The molecule has 0 spiro atoms. The monoisotopic (exact) mass is 224 g/mol. The zero-order valence-electron chi connectivity index (χ0n) is 8.41. The van der Waals surface area contributed by atoms with Crippen LogP contribution in [0, 0.1) is 11.8 Å². The summed E-state index contributed by atoms with van der Waals surface area (Å²) in [5, 5.41) is 12.1. The Morgan fingerprint density at radius 1 is 1.73 bits per heavy atom. The molecule has 1 rings (SSSR count). The van der Waals surface area contributed by atoms with Crippen LogP contribution in [0.5, 0.6) is 0 Å². The number of aliphatic hydroxyl groups excluding tert-OH is 1. The van der Waals surface area contributed by atoms with Crippen molar-refractivity contribution < 1.29 is 9.90 Å². The summed E-state index contributed by atoms with van der Waals surface area (Å²) in [7, 11) is 0. The van der Waals surface area contributed by atoms with Crippen molar-refractivity contribution in [2.75, 3.05) is 6.54 Å². The Balaban J connectivity index is 2.34. The Labute approximate surface area is 92.4 Å². The van der Waals surface area contributed by atoms with Gasteiger partial charge in [0.05, 0.1) is 11.5 Å². The number of thiazole rings is 1. The molecule has 0 unspecified atom stereocenters. The molecule has 1 aromatic heterocycles. The van der Waals surface area contributed by atoms with E-state index in [-0.39, 0.29) is 12.5 Å². The van der Waals surface area contributed by atoms with E-state index >= 15 is 0 Å². The second-order valence-electron chi connectivity index (χ2n) is 2.82. The van der Waals surface area contributed by atoms with Gasteiger partial charge < -0.3 is 10.4 Å².